The maximum atomic E-state index is 13.1. The zero-order chi connectivity index (χ0) is 22.1. The van der Waals surface area contributed by atoms with E-state index in [0.29, 0.717) is 36.4 Å². The molecule has 0 aromatic heterocycles. The van der Waals surface area contributed by atoms with Crippen molar-refractivity contribution in [1.29, 1.82) is 0 Å². The molecule has 2 amide bonds. The largest absolute Gasteiger partial charge is 0.493 e. The second kappa shape index (κ2) is 10.9. The highest BCUT2D eigenvalue weighted by Gasteiger charge is 2.11. The predicted molar refractivity (Wildman–Crippen MR) is 119 cm³/mol. The number of hydrogen-bond acceptors (Lipinski definition) is 3. The van der Waals surface area contributed by atoms with Crippen molar-refractivity contribution in [3.05, 3.63) is 95.8 Å². The van der Waals surface area contributed by atoms with Crippen LogP contribution in [0.2, 0.25) is 0 Å². The summed E-state index contributed by atoms with van der Waals surface area (Å²) in [6, 6.07) is 22.1. The fourth-order valence-corrected chi connectivity index (χ4v) is 3.06. The SMILES string of the molecule is CC(NC(=O)CCCOc1cccc(F)c1)c1cccc(NC(=O)c2ccccc2)c1. The highest BCUT2D eigenvalue weighted by atomic mass is 19.1. The number of halogens is 1. The van der Waals surface area contributed by atoms with E-state index < -0.39 is 0 Å². The monoisotopic (exact) mass is 420 g/mol. The van der Waals surface area contributed by atoms with Crippen LogP contribution >= 0.6 is 0 Å². The summed E-state index contributed by atoms with van der Waals surface area (Å²) in [5.41, 5.74) is 2.13. The van der Waals surface area contributed by atoms with Crippen molar-refractivity contribution in [2.24, 2.45) is 0 Å². The first-order valence-electron chi connectivity index (χ1n) is 10.2. The number of nitrogens with one attached hydrogen (secondary N) is 2. The molecule has 0 aliphatic rings. The Morgan fingerprint density at radius 2 is 1.74 bits per heavy atom. The zero-order valence-electron chi connectivity index (χ0n) is 17.3. The molecular weight excluding hydrogens is 395 g/mol. The van der Waals surface area contributed by atoms with Gasteiger partial charge < -0.3 is 15.4 Å². The van der Waals surface area contributed by atoms with Crippen LogP contribution in [0, 0.1) is 5.82 Å². The van der Waals surface area contributed by atoms with Gasteiger partial charge >= 0.3 is 0 Å². The van der Waals surface area contributed by atoms with Crippen molar-refractivity contribution in [3.63, 3.8) is 0 Å². The first-order chi connectivity index (χ1) is 15.0. The van der Waals surface area contributed by atoms with Crippen LogP contribution in [-0.2, 0) is 4.79 Å². The van der Waals surface area contributed by atoms with Gasteiger partial charge in [-0.25, -0.2) is 4.39 Å². The fourth-order valence-electron chi connectivity index (χ4n) is 3.06. The molecular formula is C25H25FN2O3. The van der Waals surface area contributed by atoms with Gasteiger partial charge in [0.25, 0.3) is 5.91 Å². The second-order valence-corrected chi connectivity index (χ2v) is 7.14. The lowest BCUT2D eigenvalue weighted by molar-refractivity contribution is -0.121. The van der Waals surface area contributed by atoms with Crippen LogP contribution in [0.3, 0.4) is 0 Å². The molecule has 1 unspecified atom stereocenters. The molecule has 2 N–H and O–H groups in total. The first-order valence-corrected chi connectivity index (χ1v) is 10.2. The van der Waals surface area contributed by atoms with Gasteiger partial charge in [-0.15, -0.1) is 0 Å². The second-order valence-electron chi connectivity index (χ2n) is 7.14. The van der Waals surface area contributed by atoms with Crippen molar-refractivity contribution in [2.45, 2.75) is 25.8 Å². The van der Waals surface area contributed by atoms with E-state index in [1.807, 2.05) is 49.4 Å². The minimum atomic E-state index is -0.355. The number of rotatable bonds is 9. The van der Waals surface area contributed by atoms with E-state index in [1.54, 1.807) is 24.3 Å². The Morgan fingerprint density at radius 3 is 2.52 bits per heavy atom. The Labute approximate surface area is 181 Å². The summed E-state index contributed by atoms with van der Waals surface area (Å²) in [6.07, 6.45) is 0.812. The maximum Gasteiger partial charge on any atom is 0.255 e. The standard InChI is InChI=1S/C25H25FN2O3/c1-18(27-24(29)14-7-15-31-23-13-6-11-21(26)17-23)20-10-5-12-22(16-20)28-25(30)19-8-3-2-4-9-19/h2-6,8-13,16-18H,7,14-15H2,1H3,(H,27,29)(H,28,30). The summed E-state index contributed by atoms with van der Waals surface area (Å²) >= 11 is 0. The molecule has 3 aromatic carbocycles. The van der Waals surface area contributed by atoms with Crippen LogP contribution in [0.15, 0.2) is 78.9 Å². The smallest absolute Gasteiger partial charge is 0.255 e. The molecule has 0 aliphatic heterocycles. The summed E-state index contributed by atoms with van der Waals surface area (Å²) in [5, 5.41) is 5.82. The van der Waals surface area contributed by atoms with Gasteiger partial charge in [0.05, 0.1) is 12.6 Å². The number of carbonyl (C=O) groups excluding carboxylic acids is 2. The quantitative estimate of drug-likeness (QED) is 0.473. The zero-order valence-corrected chi connectivity index (χ0v) is 17.3. The molecule has 6 heteroatoms. The van der Waals surface area contributed by atoms with Crippen LogP contribution in [0.4, 0.5) is 10.1 Å². The molecule has 0 heterocycles. The number of benzene rings is 3. The van der Waals surface area contributed by atoms with Gasteiger partial charge in [-0.05, 0) is 55.3 Å². The van der Waals surface area contributed by atoms with Gasteiger partial charge in [-0.2, -0.15) is 0 Å². The molecule has 0 saturated heterocycles. The van der Waals surface area contributed by atoms with E-state index in [9.17, 15) is 14.0 Å². The van der Waals surface area contributed by atoms with E-state index in [0.717, 1.165) is 5.56 Å². The van der Waals surface area contributed by atoms with E-state index in [4.69, 9.17) is 4.74 Å². The van der Waals surface area contributed by atoms with Crippen LogP contribution in [0.25, 0.3) is 0 Å². The topological polar surface area (TPSA) is 67.4 Å². The minimum Gasteiger partial charge on any atom is -0.493 e. The van der Waals surface area contributed by atoms with Gasteiger partial charge in [0.15, 0.2) is 0 Å². The third-order valence-electron chi connectivity index (χ3n) is 4.67. The Bertz CT molecular complexity index is 1020. The minimum absolute atomic E-state index is 0.103. The highest BCUT2D eigenvalue weighted by molar-refractivity contribution is 6.04. The first kappa shape index (κ1) is 22.0. The Hall–Kier alpha value is -3.67. The van der Waals surface area contributed by atoms with Gasteiger partial charge in [0.2, 0.25) is 5.91 Å². The molecule has 0 aliphatic carbocycles. The third-order valence-corrected chi connectivity index (χ3v) is 4.67. The molecule has 0 bridgehead atoms. The van der Waals surface area contributed by atoms with Crippen molar-refractivity contribution < 1.29 is 18.7 Å². The van der Waals surface area contributed by atoms with E-state index in [-0.39, 0.29) is 23.7 Å². The molecule has 3 aromatic rings. The Kier molecular flexibility index (Phi) is 7.76. The lowest BCUT2D eigenvalue weighted by atomic mass is 10.1. The molecule has 1 atom stereocenters. The van der Waals surface area contributed by atoms with Crippen LogP contribution in [0.5, 0.6) is 5.75 Å². The molecule has 0 fully saturated rings. The normalized spacial score (nSPS) is 11.4. The number of amides is 2. The number of carbonyl (C=O) groups is 2. The lowest BCUT2D eigenvalue weighted by Crippen LogP contribution is -2.26. The van der Waals surface area contributed by atoms with E-state index in [2.05, 4.69) is 10.6 Å². The van der Waals surface area contributed by atoms with Crippen molar-refractivity contribution in [3.8, 4) is 5.75 Å². The summed E-state index contributed by atoms with van der Waals surface area (Å²) in [7, 11) is 0. The molecule has 0 radical (unpaired) electrons. The third kappa shape index (κ3) is 6.96. The molecule has 31 heavy (non-hydrogen) atoms. The molecule has 5 nitrogen and oxygen atoms in total. The highest BCUT2D eigenvalue weighted by Crippen LogP contribution is 2.18. The number of anilines is 1. The van der Waals surface area contributed by atoms with Crippen molar-refractivity contribution in [1.82, 2.24) is 5.32 Å². The van der Waals surface area contributed by atoms with Gasteiger partial charge in [-0.3, -0.25) is 9.59 Å². The average Bonchev–Trinajstić information content (AvgIpc) is 2.77. The van der Waals surface area contributed by atoms with Crippen LogP contribution in [-0.4, -0.2) is 18.4 Å². The Balaban J connectivity index is 1.46. The molecule has 0 spiro atoms. The van der Waals surface area contributed by atoms with Gasteiger partial charge in [0, 0.05) is 23.7 Å². The lowest BCUT2D eigenvalue weighted by Gasteiger charge is -2.16. The van der Waals surface area contributed by atoms with Crippen LogP contribution < -0.4 is 15.4 Å². The van der Waals surface area contributed by atoms with Crippen LogP contribution in [0.1, 0.15) is 41.7 Å². The molecule has 0 saturated carbocycles. The number of hydrogen-bond donors (Lipinski definition) is 2. The van der Waals surface area contributed by atoms with E-state index >= 15 is 0 Å². The van der Waals surface area contributed by atoms with E-state index in [1.165, 1.54) is 12.1 Å². The average molecular weight is 420 g/mol. The van der Waals surface area contributed by atoms with Crippen molar-refractivity contribution in [2.75, 3.05) is 11.9 Å². The summed E-state index contributed by atoms with van der Waals surface area (Å²) < 4.78 is 18.6. The molecule has 3 rings (SSSR count). The predicted octanol–water partition coefficient (Wildman–Crippen LogP) is 5.11. The van der Waals surface area contributed by atoms with Crippen molar-refractivity contribution >= 4 is 17.5 Å². The molecule has 160 valence electrons. The van der Waals surface area contributed by atoms with Gasteiger partial charge in [-0.1, -0.05) is 36.4 Å². The van der Waals surface area contributed by atoms with Gasteiger partial charge in [0.1, 0.15) is 11.6 Å². The summed E-state index contributed by atoms with van der Waals surface area (Å²) in [4.78, 5) is 24.6. The summed E-state index contributed by atoms with van der Waals surface area (Å²) in [6.45, 7) is 2.21. The fraction of sp³-hybridized carbons (Fsp3) is 0.200. The summed E-state index contributed by atoms with van der Waals surface area (Å²) in [5.74, 6) is -0.198. The number of ether oxygens (including phenoxy) is 1. The maximum absolute atomic E-state index is 13.1. The Morgan fingerprint density at radius 1 is 0.968 bits per heavy atom.